The maximum absolute atomic E-state index is 4.16. The van der Waals surface area contributed by atoms with Gasteiger partial charge < -0.3 is 0 Å². The first-order valence-corrected chi connectivity index (χ1v) is 1.56. The first kappa shape index (κ1) is 7.24. The topological polar surface area (TPSA) is 38.9 Å². The van der Waals surface area contributed by atoms with Gasteiger partial charge in [0.2, 0.25) is 0 Å². The van der Waals surface area contributed by atoms with Crippen molar-refractivity contribution in [1.29, 1.82) is 0 Å². The van der Waals surface area contributed by atoms with Crippen molar-refractivity contribution < 1.29 is 37.3 Å². The van der Waals surface area contributed by atoms with Crippen LogP contribution >= 0.6 is 0 Å². The Balaban J connectivity index is 0.000000360. The molecule has 0 fully saturated rings. The summed E-state index contributed by atoms with van der Waals surface area (Å²) in [5.41, 5.74) is 0.690. The van der Waals surface area contributed by atoms with Gasteiger partial charge in [0.1, 0.15) is 0 Å². The van der Waals surface area contributed by atoms with Gasteiger partial charge in [0.15, 0.2) is 0 Å². The predicted octanol–water partition coefficient (Wildman–Crippen LogP) is 0.176. The smallest absolute Gasteiger partial charge is 0 e. The largest absolute Gasteiger partial charge is 0.297 e. The fourth-order valence-electron chi connectivity index (χ4n) is 0.189. The minimum Gasteiger partial charge on any atom is -0.297 e. The summed E-state index contributed by atoms with van der Waals surface area (Å²) in [5, 5.41) is 6.59. The van der Waals surface area contributed by atoms with E-state index in [2.05, 4.69) is 21.1 Å². The Hall–Kier alpha value is 0.244. The van der Waals surface area contributed by atoms with Gasteiger partial charge in [-0.2, -0.15) is 0 Å². The number of aryl methyl sites for hydroxylation is 1. The molecule has 1 aromatic heterocycles. The third-order valence-corrected chi connectivity index (χ3v) is 0.426. The van der Waals surface area contributed by atoms with Crippen LogP contribution in [0.1, 0.15) is 5.69 Å². The Kier molecular flexibility index (Phi) is 3.39. The molecule has 1 aromatic rings. The van der Waals surface area contributed by atoms with Gasteiger partial charge in [0.05, 0.1) is 0 Å². The van der Waals surface area contributed by atoms with Crippen molar-refractivity contribution >= 4 is 0 Å². The maximum Gasteiger partial charge on any atom is 0 e. The predicted molar refractivity (Wildman–Crippen MR) is 17.9 cm³/mol. The van der Waals surface area contributed by atoms with Crippen LogP contribution in [0.15, 0.2) is 4.63 Å². The minimum atomic E-state index is 0. The van der Waals surface area contributed by atoms with Crippen LogP contribution in [0.3, 0.4) is 0 Å². The van der Waals surface area contributed by atoms with Crippen LogP contribution in [0.2, 0.25) is 0 Å². The van der Waals surface area contributed by atoms with Gasteiger partial charge in [-0.15, -0.1) is 0 Å². The summed E-state index contributed by atoms with van der Waals surface area (Å²) < 4.78 is 4.16. The van der Waals surface area contributed by atoms with E-state index in [1.165, 1.54) is 0 Å². The summed E-state index contributed by atoms with van der Waals surface area (Å²) >= 11 is 0. The normalized spacial score (nSPS) is 7.57. The van der Waals surface area contributed by atoms with E-state index >= 15 is 0 Å². The van der Waals surface area contributed by atoms with Crippen LogP contribution < -0.4 is 0 Å². The Bertz CT molecular complexity index is 116. The monoisotopic (exact) mass is 172 g/mol. The zero-order valence-electron chi connectivity index (χ0n) is 3.88. The molecule has 4 heteroatoms. The average molecular weight is 172 g/mol. The third kappa shape index (κ3) is 2.14. The van der Waals surface area contributed by atoms with Crippen LogP contribution in [0, 0.1) is 13.1 Å². The van der Waals surface area contributed by atoms with E-state index in [0.29, 0.717) is 5.69 Å². The second kappa shape index (κ2) is 3.27. The van der Waals surface area contributed by atoms with E-state index < -0.39 is 0 Å². The number of rotatable bonds is 0. The Morgan fingerprint density at radius 1 is 1.71 bits per heavy atom. The summed E-state index contributed by atoms with van der Waals surface area (Å²) in [7, 11) is 0. The Labute approximate surface area is 66.3 Å². The summed E-state index contributed by atoms with van der Waals surface area (Å²) in [4.78, 5) is 0. The molecule has 0 spiro atoms. The molecule has 0 N–H and O–H groups in total. The van der Waals surface area contributed by atoms with E-state index in [1.807, 2.05) is 0 Å². The van der Waals surface area contributed by atoms with Crippen molar-refractivity contribution in [2.45, 2.75) is 6.92 Å². The molecule has 1 rings (SSSR count). The van der Waals surface area contributed by atoms with Crippen molar-refractivity contribution in [1.82, 2.24) is 10.3 Å². The zero-order valence-corrected chi connectivity index (χ0v) is 6.72. The van der Waals surface area contributed by atoms with Crippen LogP contribution in [-0.4, -0.2) is 10.3 Å². The molecule has 0 amide bonds. The van der Waals surface area contributed by atoms with E-state index in [0.717, 1.165) is 0 Å². The number of aromatic nitrogens is 2. The van der Waals surface area contributed by atoms with Gasteiger partial charge in [0, 0.05) is 32.7 Å². The quantitative estimate of drug-likeness (QED) is 0.523. The molecule has 3 nitrogen and oxygen atoms in total. The number of nitrogens with zero attached hydrogens (tertiary/aromatic N) is 2. The van der Waals surface area contributed by atoms with E-state index in [-0.39, 0.29) is 32.7 Å². The molecule has 7 heavy (non-hydrogen) atoms. The van der Waals surface area contributed by atoms with E-state index in [1.54, 1.807) is 6.92 Å². The van der Waals surface area contributed by atoms with Crippen molar-refractivity contribution in [2.24, 2.45) is 0 Å². The Morgan fingerprint density at radius 2 is 2.43 bits per heavy atom. The zero-order chi connectivity index (χ0) is 4.41. The molecule has 0 saturated heterocycles. The fourth-order valence-corrected chi connectivity index (χ4v) is 0.189. The SMILES string of the molecule is Cc1[c-]non1.[Y]. The minimum absolute atomic E-state index is 0. The molecule has 0 aromatic carbocycles. The van der Waals surface area contributed by atoms with Crippen molar-refractivity contribution in [3.05, 3.63) is 11.9 Å². The molecule has 0 atom stereocenters. The molecule has 0 saturated carbocycles. The maximum atomic E-state index is 4.16. The molecule has 0 bridgehead atoms. The van der Waals surface area contributed by atoms with Crippen LogP contribution in [0.25, 0.3) is 0 Å². The molecule has 0 aliphatic carbocycles. The number of hydrogen-bond acceptors (Lipinski definition) is 3. The summed E-state index contributed by atoms with van der Waals surface area (Å²) in [6, 6.07) is 0. The molecular weight excluding hydrogens is 169 g/mol. The molecule has 1 heterocycles. The summed E-state index contributed by atoms with van der Waals surface area (Å²) in [6.45, 7) is 1.76. The first-order valence-electron chi connectivity index (χ1n) is 1.56. The molecule has 35 valence electrons. The second-order valence-electron chi connectivity index (χ2n) is 0.961. The second-order valence-corrected chi connectivity index (χ2v) is 0.961. The molecule has 0 aliphatic heterocycles. The van der Waals surface area contributed by atoms with Crippen molar-refractivity contribution in [3.8, 4) is 0 Å². The summed E-state index contributed by atoms with van der Waals surface area (Å²) in [6.07, 6.45) is 2.47. The van der Waals surface area contributed by atoms with E-state index in [9.17, 15) is 0 Å². The molecular formula is C3H3N2OY-. The van der Waals surface area contributed by atoms with Gasteiger partial charge in [-0.05, 0) is 0 Å². The fraction of sp³-hybridized carbons (Fsp3) is 0.333. The average Bonchev–Trinajstić information content (AvgIpc) is 1.86. The van der Waals surface area contributed by atoms with Crippen LogP contribution in [0.5, 0.6) is 0 Å². The van der Waals surface area contributed by atoms with Crippen LogP contribution in [-0.2, 0) is 32.7 Å². The third-order valence-electron chi connectivity index (χ3n) is 0.426. The Morgan fingerprint density at radius 3 is 2.57 bits per heavy atom. The van der Waals surface area contributed by atoms with Gasteiger partial charge in [-0.1, -0.05) is 17.8 Å². The van der Waals surface area contributed by atoms with Crippen LogP contribution in [0.4, 0.5) is 0 Å². The van der Waals surface area contributed by atoms with Gasteiger partial charge in [0.25, 0.3) is 0 Å². The standard InChI is InChI=1S/C3H3N2O.Y/c1-3-2-4-6-5-3;/h1H3;/q-1;. The van der Waals surface area contributed by atoms with Gasteiger partial charge in [-0.3, -0.25) is 16.0 Å². The number of hydrogen-bond donors (Lipinski definition) is 0. The molecule has 0 unspecified atom stereocenters. The summed E-state index contributed by atoms with van der Waals surface area (Å²) in [5.74, 6) is 0. The molecule has 1 radical (unpaired) electrons. The van der Waals surface area contributed by atoms with Crippen molar-refractivity contribution in [3.63, 3.8) is 0 Å². The van der Waals surface area contributed by atoms with E-state index in [4.69, 9.17) is 0 Å². The molecule has 0 aliphatic rings. The van der Waals surface area contributed by atoms with Gasteiger partial charge >= 0.3 is 0 Å². The van der Waals surface area contributed by atoms with Gasteiger partial charge in [-0.25, -0.2) is 0 Å². The first-order chi connectivity index (χ1) is 2.89. The van der Waals surface area contributed by atoms with Crippen molar-refractivity contribution in [2.75, 3.05) is 0 Å².